The lowest BCUT2D eigenvalue weighted by molar-refractivity contribution is 0.402. The number of benzene rings is 3. The van der Waals surface area contributed by atoms with Gasteiger partial charge in [0.15, 0.2) is 0 Å². The highest BCUT2D eigenvalue weighted by atomic mass is 32.2. The molecule has 0 saturated carbocycles. The molecule has 9 nitrogen and oxygen atoms in total. The van der Waals surface area contributed by atoms with Gasteiger partial charge in [-0.2, -0.15) is 10.5 Å². The number of halogens is 2. The van der Waals surface area contributed by atoms with Crippen LogP contribution in [0.4, 0.5) is 20.2 Å². The summed E-state index contributed by atoms with van der Waals surface area (Å²) < 4.78 is 90.3. The molecule has 2 N–H and O–H groups in total. The SMILES string of the molecule is COc1ccc(S(=O)(=O)Nc2c(F)cccc2CC#N)cc1S(=O)(=O)Nc1c(F)cccc1CC#N. The van der Waals surface area contributed by atoms with Crippen LogP contribution in [0.1, 0.15) is 11.1 Å². The zero-order valence-corrected chi connectivity index (χ0v) is 20.3. The maximum atomic E-state index is 14.4. The van der Waals surface area contributed by atoms with Crippen molar-refractivity contribution in [3.8, 4) is 17.9 Å². The van der Waals surface area contributed by atoms with Gasteiger partial charge in [0, 0.05) is 0 Å². The zero-order chi connectivity index (χ0) is 26.5. The molecule has 13 heteroatoms. The largest absolute Gasteiger partial charge is 0.495 e. The topological polar surface area (TPSA) is 149 Å². The van der Waals surface area contributed by atoms with Gasteiger partial charge in [0.05, 0.1) is 48.4 Å². The number of nitrogens with one attached hydrogen (secondary N) is 2. The average molecular weight is 533 g/mol. The van der Waals surface area contributed by atoms with Crippen molar-refractivity contribution in [3.63, 3.8) is 0 Å². The van der Waals surface area contributed by atoms with Crippen molar-refractivity contribution in [1.29, 1.82) is 10.5 Å². The molecule has 0 bridgehead atoms. The molecule has 0 heterocycles. The summed E-state index contributed by atoms with van der Waals surface area (Å²) in [7, 11) is -8.03. The van der Waals surface area contributed by atoms with Gasteiger partial charge in [-0.15, -0.1) is 0 Å². The Morgan fingerprint density at radius 1 is 0.806 bits per heavy atom. The third kappa shape index (κ3) is 5.54. The Bertz CT molecular complexity index is 1610. The summed E-state index contributed by atoms with van der Waals surface area (Å²) in [5.41, 5.74) is -0.784. The molecule has 3 aromatic rings. The standard InChI is InChI=1S/C23H18F2N4O5S2/c1-34-20-9-8-17(35(30,31)28-22-15(10-12-26)4-2-6-18(22)24)14-21(20)36(32,33)29-23-16(11-13-27)5-3-7-19(23)25/h2-9,14,28-29H,10-11H2,1H3. The van der Waals surface area contributed by atoms with E-state index in [4.69, 9.17) is 15.3 Å². The summed E-state index contributed by atoms with van der Waals surface area (Å²) in [4.78, 5) is -1.22. The number of hydrogen-bond acceptors (Lipinski definition) is 7. The third-order valence-electron chi connectivity index (χ3n) is 4.95. The lowest BCUT2D eigenvalue weighted by atomic mass is 10.1. The van der Waals surface area contributed by atoms with E-state index in [1.54, 1.807) is 12.1 Å². The van der Waals surface area contributed by atoms with Gasteiger partial charge in [0.25, 0.3) is 20.0 Å². The van der Waals surface area contributed by atoms with Crippen LogP contribution >= 0.6 is 0 Å². The van der Waals surface area contributed by atoms with E-state index in [1.807, 2.05) is 4.72 Å². The molecule has 0 radical (unpaired) electrons. The first kappa shape index (κ1) is 26.4. The van der Waals surface area contributed by atoms with E-state index in [0.717, 1.165) is 37.4 Å². The van der Waals surface area contributed by atoms with E-state index in [2.05, 4.69) is 4.72 Å². The average Bonchev–Trinajstić information content (AvgIpc) is 2.83. The van der Waals surface area contributed by atoms with Crippen molar-refractivity contribution >= 4 is 31.4 Å². The molecule has 0 aliphatic heterocycles. The quantitative estimate of drug-likeness (QED) is 0.427. The summed E-state index contributed by atoms with van der Waals surface area (Å²) in [6, 6.07) is 13.8. The van der Waals surface area contributed by atoms with Gasteiger partial charge in [-0.25, -0.2) is 25.6 Å². The maximum absolute atomic E-state index is 14.4. The second kappa shape index (κ2) is 10.6. The minimum absolute atomic E-state index is 0.0649. The van der Waals surface area contributed by atoms with Crippen LogP contribution in [-0.2, 0) is 32.9 Å². The molecule has 0 unspecified atom stereocenters. The van der Waals surface area contributed by atoms with Crippen LogP contribution in [0.5, 0.6) is 5.75 Å². The van der Waals surface area contributed by atoms with Gasteiger partial charge in [0.2, 0.25) is 0 Å². The summed E-state index contributed by atoms with van der Waals surface area (Å²) in [5, 5.41) is 17.9. The Morgan fingerprint density at radius 3 is 1.78 bits per heavy atom. The summed E-state index contributed by atoms with van der Waals surface area (Å²) in [6.07, 6.45) is -0.575. The van der Waals surface area contributed by atoms with Crippen molar-refractivity contribution in [1.82, 2.24) is 0 Å². The number of anilines is 2. The first-order valence-electron chi connectivity index (χ1n) is 10.1. The molecule has 0 aliphatic carbocycles. The molecule has 0 fully saturated rings. The smallest absolute Gasteiger partial charge is 0.265 e. The molecule has 0 atom stereocenters. The van der Waals surface area contributed by atoms with Gasteiger partial charge in [-0.05, 0) is 41.5 Å². The predicted octanol–water partition coefficient (Wildman–Crippen LogP) is 3.71. The monoisotopic (exact) mass is 532 g/mol. The first-order valence-corrected chi connectivity index (χ1v) is 13.0. The van der Waals surface area contributed by atoms with Gasteiger partial charge < -0.3 is 4.74 Å². The molecule has 186 valence electrons. The van der Waals surface area contributed by atoms with E-state index in [1.165, 1.54) is 24.3 Å². The molecule has 36 heavy (non-hydrogen) atoms. The van der Waals surface area contributed by atoms with Crippen LogP contribution in [0.2, 0.25) is 0 Å². The highest BCUT2D eigenvalue weighted by molar-refractivity contribution is 7.93. The number of nitriles is 2. The summed E-state index contributed by atoms with van der Waals surface area (Å²) in [6.45, 7) is 0. The third-order valence-corrected chi connectivity index (χ3v) is 7.66. The fourth-order valence-corrected chi connectivity index (χ4v) is 5.76. The number of ether oxygens (including phenoxy) is 1. The van der Waals surface area contributed by atoms with E-state index >= 15 is 0 Å². The zero-order valence-electron chi connectivity index (χ0n) is 18.6. The Kier molecular flexibility index (Phi) is 7.77. The molecule has 0 amide bonds. The van der Waals surface area contributed by atoms with Gasteiger partial charge in [0.1, 0.15) is 22.3 Å². The molecule has 3 aromatic carbocycles. The molecule has 0 saturated heterocycles. The van der Waals surface area contributed by atoms with Crippen LogP contribution < -0.4 is 14.2 Å². The molecular formula is C23H18F2N4O5S2. The Balaban J connectivity index is 2.08. The fraction of sp³-hybridized carbons (Fsp3) is 0.130. The highest BCUT2D eigenvalue weighted by Crippen LogP contribution is 2.32. The maximum Gasteiger partial charge on any atom is 0.265 e. The fourth-order valence-electron chi connectivity index (χ4n) is 3.25. The number of sulfonamides is 2. The molecule has 3 rings (SSSR count). The summed E-state index contributed by atoms with van der Waals surface area (Å²) >= 11 is 0. The Morgan fingerprint density at radius 2 is 1.31 bits per heavy atom. The highest BCUT2D eigenvalue weighted by Gasteiger charge is 2.27. The van der Waals surface area contributed by atoms with Crippen LogP contribution in [0.15, 0.2) is 64.4 Å². The first-order chi connectivity index (χ1) is 17.0. The minimum Gasteiger partial charge on any atom is -0.495 e. The normalized spacial score (nSPS) is 11.2. The Labute approximate surface area is 206 Å². The number of rotatable bonds is 9. The molecule has 0 aliphatic rings. The molecular weight excluding hydrogens is 514 g/mol. The van der Waals surface area contributed by atoms with E-state index in [0.29, 0.717) is 0 Å². The van der Waals surface area contributed by atoms with Crippen molar-refractivity contribution in [2.75, 3.05) is 16.6 Å². The molecule has 0 spiro atoms. The second-order valence-corrected chi connectivity index (χ2v) is 10.6. The Hall–Kier alpha value is -4.20. The van der Waals surface area contributed by atoms with Crippen LogP contribution in [0.25, 0.3) is 0 Å². The molecule has 0 aromatic heterocycles. The van der Waals surface area contributed by atoms with Crippen LogP contribution in [0, 0.1) is 34.3 Å². The number of methoxy groups -OCH3 is 1. The second-order valence-electron chi connectivity index (χ2n) is 7.24. The van der Waals surface area contributed by atoms with Crippen molar-refractivity contribution in [2.24, 2.45) is 0 Å². The predicted molar refractivity (Wildman–Crippen MR) is 126 cm³/mol. The van der Waals surface area contributed by atoms with Gasteiger partial charge >= 0.3 is 0 Å². The number of nitrogens with zero attached hydrogens (tertiary/aromatic N) is 2. The van der Waals surface area contributed by atoms with Crippen LogP contribution in [0.3, 0.4) is 0 Å². The van der Waals surface area contributed by atoms with Gasteiger partial charge in [-0.1, -0.05) is 24.3 Å². The summed E-state index contributed by atoms with van der Waals surface area (Å²) in [5.74, 6) is -2.13. The number of hydrogen-bond donors (Lipinski definition) is 2. The van der Waals surface area contributed by atoms with Crippen molar-refractivity contribution in [3.05, 3.63) is 77.4 Å². The van der Waals surface area contributed by atoms with Crippen LogP contribution in [-0.4, -0.2) is 23.9 Å². The van der Waals surface area contributed by atoms with Gasteiger partial charge in [-0.3, -0.25) is 9.44 Å². The lowest BCUT2D eigenvalue weighted by Crippen LogP contribution is -2.19. The lowest BCUT2D eigenvalue weighted by Gasteiger charge is -2.16. The van der Waals surface area contributed by atoms with Crippen molar-refractivity contribution < 1.29 is 30.4 Å². The minimum atomic E-state index is -4.63. The van der Waals surface area contributed by atoms with Crippen molar-refractivity contribution in [2.45, 2.75) is 22.6 Å². The van der Waals surface area contributed by atoms with E-state index < -0.39 is 52.8 Å². The number of para-hydroxylation sites is 2. The van der Waals surface area contributed by atoms with E-state index in [9.17, 15) is 25.6 Å². The van der Waals surface area contributed by atoms with E-state index in [-0.39, 0.29) is 29.7 Å².